The van der Waals surface area contributed by atoms with Crippen molar-refractivity contribution in [3.63, 3.8) is 0 Å². The molecule has 0 radical (unpaired) electrons. The Morgan fingerprint density at radius 1 is 1.06 bits per heavy atom. The lowest BCUT2D eigenvalue weighted by Crippen LogP contribution is -2.48. The first-order chi connectivity index (χ1) is 16.0. The Morgan fingerprint density at radius 2 is 1.73 bits per heavy atom. The highest BCUT2D eigenvalue weighted by Crippen LogP contribution is 2.44. The van der Waals surface area contributed by atoms with Crippen LogP contribution in [0.2, 0.25) is 0 Å². The van der Waals surface area contributed by atoms with E-state index in [1.165, 1.54) is 11.8 Å². The van der Waals surface area contributed by atoms with Gasteiger partial charge in [0.15, 0.2) is 6.10 Å². The van der Waals surface area contributed by atoms with Crippen LogP contribution in [0.5, 0.6) is 0 Å². The standard InChI is InChI=1S/C24H26N2O6S/c27-21(28)14-33-12-10-25-23(29)22-20(9-11-31-22)26-24(30)32-13-19-17-7-3-1-5-15(17)16-6-2-4-8-18(16)19/h1-8,19-20,22H,9-14H2,(H,25,29)(H,26,30)(H,27,28). The third kappa shape index (κ3) is 5.48. The number of benzene rings is 2. The molecular formula is C24H26N2O6S. The Bertz CT molecular complexity index is 984. The van der Waals surface area contributed by atoms with Crippen LogP contribution in [0.25, 0.3) is 11.1 Å². The van der Waals surface area contributed by atoms with Crippen molar-refractivity contribution in [2.24, 2.45) is 0 Å². The van der Waals surface area contributed by atoms with Gasteiger partial charge in [-0.25, -0.2) is 4.79 Å². The van der Waals surface area contributed by atoms with E-state index in [2.05, 4.69) is 34.9 Å². The van der Waals surface area contributed by atoms with Crippen molar-refractivity contribution in [3.05, 3.63) is 59.7 Å². The fraction of sp³-hybridized carbons (Fsp3) is 0.375. The highest BCUT2D eigenvalue weighted by Gasteiger charge is 2.36. The molecule has 1 saturated heterocycles. The quantitative estimate of drug-likeness (QED) is 0.483. The van der Waals surface area contributed by atoms with Crippen molar-refractivity contribution >= 4 is 29.7 Å². The Kier molecular flexibility index (Phi) is 7.51. The fourth-order valence-corrected chi connectivity index (χ4v) is 4.86. The third-order valence-electron chi connectivity index (χ3n) is 5.77. The van der Waals surface area contributed by atoms with Crippen LogP contribution in [-0.4, -0.2) is 66.5 Å². The molecule has 2 atom stereocenters. The molecule has 8 nitrogen and oxygen atoms in total. The summed E-state index contributed by atoms with van der Waals surface area (Å²) < 4.78 is 11.1. The molecule has 174 valence electrons. The highest BCUT2D eigenvalue weighted by molar-refractivity contribution is 7.99. The molecule has 0 saturated carbocycles. The zero-order valence-electron chi connectivity index (χ0n) is 18.0. The van der Waals surface area contributed by atoms with Gasteiger partial charge in [-0.2, -0.15) is 0 Å². The number of amides is 2. The Labute approximate surface area is 196 Å². The van der Waals surface area contributed by atoms with E-state index in [1.807, 2.05) is 24.3 Å². The normalized spacial score (nSPS) is 18.9. The number of carboxylic acids is 1. The molecule has 1 fully saturated rings. The summed E-state index contributed by atoms with van der Waals surface area (Å²) in [6, 6.07) is 15.8. The molecule has 0 bridgehead atoms. The summed E-state index contributed by atoms with van der Waals surface area (Å²) >= 11 is 1.22. The topological polar surface area (TPSA) is 114 Å². The molecule has 0 spiro atoms. The Balaban J connectivity index is 1.28. The molecule has 0 aromatic heterocycles. The van der Waals surface area contributed by atoms with Crippen molar-refractivity contribution in [2.75, 3.05) is 31.3 Å². The summed E-state index contributed by atoms with van der Waals surface area (Å²) in [5.41, 5.74) is 4.58. The van der Waals surface area contributed by atoms with E-state index in [9.17, 15) is 14.4 Å². The monoisotopic (exact) mass is 470 g/mol. The van der Waals surface area contributed by atoms with Gasteiger partial charge in [0.05, 0.1) is 11.8 Å². The number of thioether (sulfide) groups is 1. The second kappa shape index (κ2) is 10.7. The summed E-state index contributed by atoms with van der Waals surface area (Å²) in [6.07, 6.45) is -0.868. The highest BCUT2D eigenvalue weighted by atomic mass is 32.2. The summed E-state index contributed by atoms with van der Waals surface area (Å²) in [6.45, 7) is 0.888. The van der Waals surface area contributed by atoms with Gasteiger partial charge in [0.1, 0.15) is 6.61 Å². The summed E-state index contributed by atoms with van der Waals surface area (Å²) in [4.78, 5) is 35.5. The largest absolute Gasteiger partial charge is 0.481 e. The van der Waals surface area contributed by atoms with E-state index < -0.39 is 24.2 Å². The van der Waals surface area contributed by atoms with Crippen molar-refractivity contribution < 1.29 is 29.0 Å². The van der Waals surface area contributed by atoms with Crippen LogP contribution >= 0.6 is 11.8 Å². The van der Waals surface area contributed by atoms with Crippen LogP contribution in [0.1, 0.15) is 23.5 Å². The predicted molar refractivity (Wildman–Crippen MR) is 124 cm³/mol. The first-order valence-electron chi connectivity index (χ1n) is 10.8. The molecule has 2 amide bonds. The molecular weight excluding hydrogens is 444 g/mol. The maximum absolute atomic E-state index is 12.5. The fourth-order valence-electron chi connectivity index (χ4n) is 4.29. The summed E-state index contributed by atoms with van der Waals surface area (Å²) in [5, 5.41) is 14.1. The zero-order valence-corrected chi connectivity index (χ0v) is 18.8. The van der Waals surface area contributed by atoms with Gasteiger partial charge < -0.3 is 25.2 Å². The number of fused-ring (bicyclic) bond motifs is 3. The molecule has 1 heterocycles. The van der Waals surface area contributed by atoms with E-state index >= 15 is 0 Å². The number of carboxylic acid groups (broad SMARTS) is 1. The number of hydrogen-bond donors (Lipinski definition) is 3. The lowest BCUT2D eigenvalue weighted by molar-refractivity contribution is -0.134. The molecule has 2 unspecified atom stereocenters. The van der Waals surface area contributed by atoms with Crippen molar-refractivity contribution in [3.8, 4) is 11.1 Å². The number of hydrogen-bond acceptors (Lipinski definition) is 6. The summed E-state index contributed by atoms with van der Waals surface area (Å²) in [5.74, 6) is -0.785. The molecule has 2 aliphatic rings. The Morgan fingerprint density at radius 3 is 2.39 bits per heavy atom. The minimum Gasteiger partial charge on any atom is -0.481 e. The van der Waals surface area contributed by atoms with Gasteiger partial charge in [-0.3, -0.25) is 9.59 Å². The van der Waals surface area contributed by atoms with Gasteiger partial charge in [0.2, 0.25) is 0 Å². The molecule has 2 aromatic carbocycles. The van der Waals surface area contributed by atoms with Crippen molar-refractivity contribution in [1.82, 2.24) is 10.6 Å². The van der Waals surface area contributed by atoms with Crippen LogP contribution in [0.4, 0.5) is 4.79 Å². The minimum absolute atomic E-state index is 0.0121. The summed E-state index contributed by atoms with van der Waals surface area (Å²) in [7, 11) is 0. The van der Waals surface area contributed by atoms with E-state index in [1.54, 1.807) is 0 Å². The number of carbonyl (C=O) groups excluding carboxylic acids is 2. The van der Waals surface area contributed by atoms with Crippen LogP contribution in [0.3, 0.4) is 0 Å². The lowest BCUT2D eigenvalue weighted by Gasteiger charge is -2.20. The number of nitrogens with one attached hydrogen (secondary N) is 2. The number of alkyl carbamates (subject to hydrolysis) is 1. The van der Waals surface area contributed by atoms with Crippen LogP contribution in [0.15, 0.2) is 48.5 Å². The first-order valence-corrected chi connectivity index (χ1v) is 12.0. The van der Waals surface area contributed by atoms with Gasteiger partial charge in [0, 0.05) is 24.8 Å². The van der Waals surface area contributed by atoms with E-state index in [0.717, 1.165) is 22.3 Å². The average molecular weight is 471 g/mol. The van der Waals surface area contributed by atoms with Crippen LogP contribution in [0, 0.1) is 0 Å². The SMILES string of the molecule is O=C(O)CSCCNC(=O)C1OCCC1NC(=O)OCC1c2ccccc2-c2ccccc21. The van der Waals surface area contributed by atoms with Gasteiger partial charge in [0.25, 0.3) is 5.91 Å². The van der Waals surface area contributed by atoms with Crippen molar-refractivity contribution in [2.45, 2.75) is 24.5 Å². The van der Waals surface area contributed by atoms with E-state index in [0.29, 0.717) is 25.3 Å². The van der Waals surface area contributed by atoms with E-state index in [4.69, 9.17) is 14.6 Å². The molecule has 3 N–H and O–H groups in total. The van der Waals surface area contributed by atoms with Gasteiger partial charge in [-0.15, -0.1) is 11.8 Å². The predicted octanol–water partition coefficient (Wildman–Crippen LogP) is 2.62. The Hall–Kier alpha value is -3.04. The van der Waals surface area contributed by atoms with E-state index in [-0.39, 0.29) is 24.2 Å². The maximum Gasteiger partial charge on any atom is 0.407 e. The number of ether oxygens (including phenoxy) is 2. The maximum atomic E-state index is 12.5. The molecule has 9 heteroatoms. The second-order valence-electron chi connectivity index (χ2n) is 7.89. The van der Waals surface area contributed by atoms with Crippen LogP contribution in [-0.2, 0) is 19.1 Å². The molecule has 2 aromatic rings. The smallest absolute Gasteiger partial charge is 0.407 e. The molecule has 4 rings (SSSR count). The number of rotatable bonds is 9. The number of aliphatic carboxylic acids is 1. The van der Waals surface area contributed by atoms with Gasteiger partial charge in [-0.1, -0.05) is 48.5 Å². The van der Waals surface area contributed by atoms with Gasteiger partial charge >= 0.3 is 12.1 Å². The van der Waals surface area contributed by atoms with Crippen molar-refractivity contribution in [1.29, 1.82) is 0 Å². The zero-order chi connectivity index (χ0) is 23.2. The number of carbonyl (C=O) groups is 3. The minimum atomic E-state index is -0.891. The molecule has 1 aliphatic heterocycles. The second-order valence-corrected chi connectivity index (χ2v) is 9.00. The lowest BCUT2D eigenvalue weighted by atomic mass is 9.98. The molecule has 1 aliphatic carbocycles. The third-order valence-corrected chi connectivity index (χ3v) is 6.71. The average Bonchev–Trinajstić information content (AvgIpc) is 3.39. The van der Waals surface area contributed by atoms with Crippen LogP contribution < -0.4 is 10.6 Å². The first kappa shape index (κ1) is 23.1. The van der Waals surface area contributed by atoms with Gasteiger partial charge in [-0.05, 0) is 28.7 Å². The molecule has 33 heavy (non-hydrogen) atoms.